The maximum atomic E-state index is 13.7. The number of nitrogens with one attached hydrogen (secondary N) is 3. The lowest BCUT2D eigenvalue weighted by Gasteiger charge is -2.30. The SMILES string of the molecule is C.C.C[C@@H](N)c1nc2ccccc2c(=O)n1-c1ccc(F)cc1.C[C@@H](NCc1ncc[nH]1)c1nc2ccccc2c(=O)n1-c1ccc(F)cc1.C[C@H](c1nc2ccccc2c(=O)n1-c1ccc(F)cc1)N(Cc1ncc[nH]1)C(=O)Cc1ccc(C(F)(F)F)cc1.Cl. The Bertz CT molecular complexity index is 4590. The normalized spacial score (nSPS) is 12.0. The van der Waals surface area contributed by atoms with Gasteiger partial charge >= 0.3 is 6.18 Å². The number of nitrogens with zero attached hydrogens (tertiary/aromatic N) is 9. The van der Waals surface area contributed by atoms with Gasteiger partial charge in [-0.05, 0) is 148 Å². The van der Waals surface area contributed by atoms with Crippen LogP contribution in [-0.4, -0.2) is 59.4 Å². The number of aromatic nitrogens is 10. The second kappa shape index (κ2) is 29.8. The van der Waals surface area contributed by atoms with Gasteiger partial charge in [0.15, 0.2) is 0 Å². The third-order valence-corrected chi connectivity index (χ3v) is 14.3. The Morgan fingerprint density at radius 1 is 0.549 bits per heavy atom. The first-order valence-corrected chi connectivity index (χ1v) is 27.6. The van der Waals surface area contributed by atoms with Crippen molar-refractivity contribution in [2.75, 3.05) is 0 Å². The van der Waals surface area contributed by atoms with Gasteiger partial charge in [0.05, 0.1) is 93.0 Å². The van der Waals surface area contributed by atoms with E-state index in [0.717, 1.165) is 18.0 Å². The molecule has 5 N–H and O–H groups in total. The Labute approximate surface area is 524 Å². The first-order valence-electron chi connectivity index (χ1n) is 27.6. The Morgan fingerprint density at radius 2 is 0.934 bits per heavy atom. The lowest BCUT2D eigenvalue weighted by atomic mass is 10.1. The van der Waals surface area contributed by atoms with E-state index in [2.05, 4.69) is 30.2 Å². The highest BCUT2D eigenvalue weighted by atomic mass is 35.5. The minimum absolute atomic E-state index is 0. The molecule has 0 spiro atoms. The number of hydrogen-bond donors (Lipinski definition) is 4. The predicted molar refractivity (Wildman–Crippen MR) is 342 cm³/mol. The van der Waals surface area contributed by atoms with Crippen molar-refractivity contribution in [2.24, 2.45) is 5.73 Å². The smallest absolute Gasteiger partial charge is 0.348 e. The molecule has 5 aromatic heterocycles. The van der Waals surface area contributed by atoms with Gasteiger partial charge in [-0.3, -0.25) is 32.9 Å². The molecule has 0 unspecified atom stereocenters. The zero-order chi connectivity index (χ0) is 62.2. The van der Waals surface area contributed by atoms with Gasteiger partial charge in [0.2, 0.25) is 5.91 Å². The number of hydrogen-bond acceptors (Lipinski definition) is 11. The van der Waals surface area contributed by atoms with Crippen molar-refractivity contribution in [1.82, 2.24) is 58.8 Å². The van der Waals surface area contributed by atoms with Crippen LogP contribution in [0.25, 0.3) is 49.8 Å². The molecule has 0 aliphatic rings. The Balaban J connectivity index is 0.000000201. The number of benzene rings is 7. The molecule has 0 fully saturated rings. The number of carbonyl (C=O) groups excluding carboxylic acids is 1. The maximum absolute atomic E-state index is 13.7. The largest absolute Gasteiger partial charge is 0.416 e. The molecular weight excluding hydrogens is 1200 g/mol. The molecule has 5 heterocycles. The second-order valence-electron chi connectivity index (χ2n) is 20.3. The number of rotatable bonds is 14. The van der Waals surface area contributed by atoms with E-state index in [0.29, 0.717) is 79.4 Å². The highest BCUT2D eigenvalue weighted by Gasteiger charge is 2.31. The van der Waals surface area contributed by atoms with Crippen LogP contribution >= 0.6 is 12.4 Å². The molecule has 0 bridgehead atoms. The summed E-state index contributed by atoms with van der Waals surface area (Å²) in [4.78, 5) is 83.0. The standard InChI is InChI=1S/C29H23F4N5O2.C20H18FN5O.C16H14FN3O.2CH4.ClH/c1-18(27-36-24-5-3-2-4-23(24)28(40)38(27)22-12-10-21(30)11-13-22)37(17-25-34-14-15-35-25)26(39)16-19-6-8-20(9-7-19)29(31,32)33;1-13(24-12-18-22-10-11-23-18)19-25-17-5-3-2-4-16(17)20(27)26(19)15-8-6-14(21)7-9-15;1-10(18)15-19-14-5-3-2-4-13(14)16(21)20(15)12-8-6-11(17)7-9-12;;;/h2-15,18H,16-17H2,1H3,(H,34,35);2-11,13,24H,12H2,1H3,(H,22,23);2-10H,18H2,1H3;2*1H4;1H/t18-;13-;10-;;;/m111.../s1. The Kier molecular flexibility index (Phi) is 22.3. The molecule has 12 rings (SSSR count). The summed E-state index contributed by atoms with van der Waals surface area (Å²) < 4.78 is 83.5. The van der Waals surface area contributed by atoms with E-state index in [1.54, 1.807) is 111 Å². The molecule has 7 aromatic carbocycles. The summed E-state index contributed by atoms with van der Waals surface area (Å²) in [5.41, 5.74) is 7.86. The average molecular weight is 1260 g/mol. The fourth-order valence-electron chi connectivity index (χ4n) is 9.79. The summed E-state index contributed by atoms with van der Waals surface area (Å²) in [7, 11) is 0. The number of nitrogens with two attached hydrogens (primary N) is 1. The molecule has 0 aliphatic heterocycles. The number of aromatic amines is 2. The fourth-order valence-corrected chi connectivity index (χ4v) is 9.79. The van der Waals surface area contributed by atoms with Crippen molar-refractivity contribution in [3.8, 4) is 17.1 Å². The van der Waals surface area contributed by atoms with E-state index in [1.807, 2.05) is 25.1 Å². The van der Waals surface area contributed by atoms with Crippen molar-refractivity contribution in [3.05, 3.63) is 283 Å². The first-order chi connectivity index (χ1) is 42.3. The van der Waals surface area contributed by atoms with Crippen LogP contribution in [0.5, 0.6) is 0 Å². The van der Waals surface area contributed by atoms with Crippen LogP contribution in [0.3, 0.4) is 0 Å². The lowest BCUT2D eigenvalue weighted by Crippen LogP contribution is -2.38. The Morgan fingerprint density at radius 3 is 1.34 bits per heavy atom. The van der Waals surface area contributed by atoms with Crippen LogP contribution in [-0.2, 0) is 30.5 Å². The molecule has 0 radical (unpaired) electrons. The first kappa shape index (κ1) is 68.1. The summed E-state index contributed by atoms with van der Waals surface area (Å²) in [6, 6.07) is 40.9. The molecule has 1 amide bonds. The van der Waals surface area contributed by atoms with Gasteiger partial charge in [-0.15, -0.1) is 12.4 Å². The zero-order valence-electron chi connectivity index (χ0n) is 47.7. The van der Waals surface area contributed by atoms with E-state index < -0.39 is 41.1 Å². The Hall–Kier alpha value is -10.4. The van der Waals surface area contributed by atoms with E-state index in [-0.39, 0.29) is 74.8 Å². The van der Waals surface area contributed by atoms with Crippen LogP contribution < -0.4 is 27.7 Å². The van der Waals surface area contributed by atoms with Gasteiger partial charge in [-0.1, -0.05) is 63.4 Å². The molecule has 91 heavy (non-hydrogen) atoms. The molecule has 470 valence electrons. The van der Waals surface area contributed by atoms with Crippen molar-refractivity contribution in [1.29, 1.82) is 0 Å². The number of imidazole rings is 2. The summed E-state index contributed by atoms with van der Waals surface area (Å²) in [6.07, 6.45) is 1.88. The summed E-state index contributed by atoms with van der Waals surface area (Å²) in [6.45, 7) is 5.90. The fraction of sp³-hybridized carbons (Fsp3) is 0.179. The van der Waals surface area contributed by atoms with Crippen LogP contribution in [0.1, 0.15) is 94.0 Å². The van der Waals surface area contributed by atoms with Gasteiger partial charge in [0.25, 0.3) is 16.7 Å². The van der Waals surface area contributed by atoms with Crippen molar-refractivity contribution in [3.63, 3.8) is 0 Å². The number of H-pyrrole nitrogens is 2. The number of carbonyl (C=O) groups is 1. The molecule has 0 aliphatic carbocycles. The van der Waals surface area contributed by atoms with Crippen molar-refractivity contribution in [2.45, 2.75) is 79.4 Å². The van der Waals surface area contributed by atoms with Crippen LogP contribution in [0.4, 0.5) is 26.3 Å². The van der Waals surface area contributed by atoms with Crippen LogP contribution in [0.15, 0.2) is 209 Å². The molecule has 17 nitrogen and oxygen atoms in total. The molecule has 0 saturated carbocycles. The molecule has 12 aromatic rings. The summed E-state index contributed by atoms with van der Waals surface area (Å²) in [5, 5.41) is 4.69. The van der Waals surface area contributed by atoms with Crippen LogP contribution in [0.2, 0.25) is 0 Å². The number of amides is 1. The van der Waals surface area contributed by atoms with E-state index in [1.165, 1.54) is 85.5 Å². The van der Waals surface area contributed by atoms with Crippen molar-refractivity contribution < 1.29 is 31.1 Å². The highest BCUT2D eigenvalue weighted by molar-refractivity contribution is 5.85. The number of halogens is 7. The number of alkyl halides is 3. The number of fused-ring (bicyclic) bond motifs is 3. The molecular formula is C67H64ClF6N13O4. The van der Waals surface area contributed by atoms with Gasteiger partial charge in [-0.25, -0.2) is 38.1 Å². The lowest BCUT2D eigenvalue weighted by molar-refractivity contribution is -0.137. The minimum Gasteiger partial charge on any atom is -0.348 e. The number of para-hydroxylation sites is 3. The van der Waals surface area contributed by atoms with Gasteiger partial charge in [0, 0.05) is 24.8 Å². The third-order valence-electron chi connectivity index (χ3n) is 14.3. The highest BCUT2D eigenvalue weighted by Crippen LogP contribution is 2.30. The predicted octanol–water partition coefficient (Wildman–Crippen LogP) is 12.9. The monoisotopic (exact) mass is 1260 g/mol. The molecule has 24 heteroatoms. The van der Waals surface area contributed by atoms with E-state index in [4.69, 9.17) is 15.7 Å². The summed E-state index contributed by atoms with van der Waals surface area (Å²) in [5.74, 6) is 0.865. The molecule has 3 atom stereocenters. The topological polar surface area (TPSA) is 220 Å². The van der Waals surface area contributed by atoms with E-state index >= 15 is 0 Å². The van der Waals surface area contributed by atoms with Gasteiger partial charge < -0.3 is 25.9 Å². The van der Waals surface area contributed by atoms with Crippen LogP contribution in [0, 0.1) is 17.5 Å². The van der Waals surface area contributed by atoms with Gasteiger partial charge in [-0.2, -0.15) is 13.2 Å². The minimum atomic E-state index is -4.49. The third kappa shape index (κ3) is 15.6. The van der Waals surface area contributed by atoms with E-state index in [9.17, 15) is 45.5 Å². The zero-order valence-corrected chi connectivity index (χ0v) is 48.6. The maximum Gasteiger partial charge on any atom is 0.416 e. The molecule has 0 saturated heterocycles. The quantitative estimate of drug-likeness (QED) is 0.0750. The van der Waals surface area contributed by atoms with Crippen molar-refractivity contribution >= 4 is 51.0 Å². The van der Waals surface area contributed by atoms with Gasteiger partial charge in [0.1, 0.15) is 46.6 Å². The second-order valence-corrected chi connectivity index (χ2v) is 20.3. The average Bonchev–Trinajstić information content (AvgIpc) is 1.73. The summed E-state index contributed by atoms with van der Waals surface area (Å²) >= 11 is 0.